The molecule has 0 aliphatic carbocycles. The van der Waals surface area contributed by atoms with Crippen molar-refractivity contribution in [2.24, 2.45) is 5.92 Å². The number of pyridine rings is 2. The van der Waals surface area contributed by atoms with Crippen LogP contribution in [0.3, 0.4) is 0 Å². The molecule has 5 heterocycles. The standard InChI is InChI=1S/C27H29N5O7S2/c1-17(2)15-19(29-27(35)39-24-10-9-22(40-24)18-7-3-5-12-28-18)26(34)30-14-11-20-25(30)21(33)16-32(20)41(37,38)23-8-4-6-13-31(23)36/h3-10,12-13,17,19-20,25H,11,14-16H2,1-2H3,(H,29,35). The number of fused-ring (bicyclic) bond motifs is 1. The summed E-state index contributed by atoms with van der Waals surface area (Å²) in [6.07, 6.45) is 2.42. The predicted molar refractivity (Wildman–Crippen MR) is 148 cm³/mol. The normalized spacial score (nSPS) is 19.8. The van der Waals surface area contributed by atoms with E-state index in [1.165, 1.54) is 34.4 Å². The molecule has 1 N–H and O–H groups in total. The SMILES string of the molecule is CC(C)CC(NC(=O)Oc1ccc(-c2ccccn2)s1)C(=O)N1CCC2C1C(=O)CN2S(=O)(=O)c1cccc[n+]1[O-]. The monoisotopic (exact) mass is 599 g/mol. The predicted octanol–water partition coefficient (Wildman–Crippen LogP) is 2.19. The fourth-order valence-electron chi connectivity index (χ4n) is 5.25. The molecule has 41 heavy (non-hydrogen) atoms. The number of amides is 2. The van der Waals surface area contributed by atoms with Crippen LogP contribution in [0.5, 0.6) is 5.06 Å². The molecule has 2 aliphatic rings. The van der Waals surface area contributed by atoms with E-state index in [0.29, 0.717) is 5.06 Å². The van der Waals surface area contributed by atoms with Crippen LogP contribution >= 0.6 is 11.3 Å². The smallest absolute Gasteiger partial charge is 0.414 e. The third kappa shape index (κ3) is 5.80. The van der Waals surface area contributed by atoms with Gasteiger partial charge >= 0.3 is 21.1 Å². The average Bonchev–Trinajstić information content (AvgIpc) is 3.66. The maximum absolute atomic E-state index is 13.7. The van der Waals surface area contributed by atoms with Crippen LogP contribution in [0.1, 0.15) is 26.7 Å². The number of nitrogens with zero attached hydrogens (tertiary/aromatic N) is 4. The van der Waals surface area contributed by atoms with Crippen LogP contribution in [0.15, 0.2) is 66.0 Å². The minimum atomic E-state index is -4.28. The number of nitrogens with one attached hydrogen (secondary N) is 1. The van der Waals surface area contributed by atoms with E-state index in [1.54, 1.807) is 24.4 Å². The average molecular weight is 600 g/mol. The first-order valence-corrected chi connectivity index (χ1v) is 15.3. The van der Waals surface area contributed by atoms with Crippen molar-refractivity contribution in [3.63, 3.8) is 0 Å². The number of likely N-dealkylation sites (tertiary alicyclic amines) is 1. The molecule has 0 spiro atoms. The van der Waals surface area contributed by atoms with Gasteiger partial charge in [-0.25, -0.2) is 13.2 Å². The fourth-order valence-corrected chi connectivity index (χ4v) is 7.74. The number of carbonyl (C=O) groups excluding carboxylic acids is 3. The summed E-state index contributed by atoms with van der Waals surface area (Å²) in [4.78, 5) is 46.0. The minimum absolute atomic E-state index is 0.0156. The molecule has 216 valence electrons. The molecule has 5 rings (SSSR count). The molecule has 12 nitrogen and oxygen atoms in total. The summed E-state index contributed by atoms with van der Waals surface area (Å²) >= 11 is 1.23. The van der Waals surface area contributed by atoms with E-state index in [-0.39, 0.29) is 30.0 Å². The van der Waals surface area contributed by atoms with Crippen LogP contribution in [-0.2, 0) is 19.6 Å². The number of Topliss-reactive ketones (excluding diaryl/α,β-unsaturated/α-hetero) is 1. The zero-order valence-electron chi connectivity index (χ0n) is 22.4. The Morgan fingerprint density at radius 2 is 1.98 bits per heavy atom. The van der Waals surface area contributed by atoms with Crippen molar-refractivity contribution in [1.29, 1.82) is 0 Å². The molecule has 2 saturated heterocycles. The fraction of sp³-hybridized carbons (Fsp3) is 0.370. The molecule has 0 saturated carbocycles. The van der Waals surface area contributed by atoms with Gasteiger partial charge in [-0.2, -0.15) is 9.04 Å². The topological polar surface area (TPSA) is 153 Å². The van der Waals surface area contributed by atoms with Gasteiger partial charge in [-0.15, -0.1) is 0 Å². The van der Waals surface area contributed by atoms with Gasteiger partial charge in [-0.1, -0.05) is 31.3 Å². The lowest BCUT2D eigenvalue weighted by molar-refractivity contribution is -0.646. The number of ketones is 1. The number of sulfonamides is 1. The van der Waals surface area contributed by atoms with Crippen molar-refractivity contribution >= 4 is 39.1 Å². The van der Waals surface area contributed by atoms with E-state index < -0.39 is 57.5 Å². The summed E-state index contributed by atoms with van der Waals surface area (Å²) < 4.78 is 33.3. The van der Waals surface area contributed by atoms with E-state index in [4.69, 9.17) is 4.74 Å². The second-order valence-corrected chi connectivity index (χ2v) is 13.1. The molecule has 3 atom stereocenters. The van der Waals surface area contributed by atoms with Crippen LogP contribution < -0.4 is 14.8 Å². The van der Waals surface area contributed by atoms with Crippen molar-refractivity contribution in [2.75, 3.05) is 13.1 Å². The number of ether oxygens (including phenoxy) is 1. The van der Waals surface area contributed by atoms with E-state index in [1.807, 2.05) is 26.0 Å². The number of rotatable bonds is 8. The number of aromatic nitrogens is 2. The summed E-state index contributed by atoms with van der Waals surface area (Å²) in [7, 11) is -4.28. The van der Waals surface area contributed by atoms with Gasteiger partial charge in [0.15, 0.2) is 17.0 Å². The lowest BCUT2D eigenvalue weighted by Gasteiger charge is -2.28. The number of hydrogen-bond donors (Lipinski definition) is 1. The van der Waals surface area contributed by atoms with Gasteiger partial charge in [0.1, 0.15) is 12.1 Å². The highest BCUT2D eigenvalue weighted by Crippen LogP contribution is 2.34. The van der Waals surface area contributed by atoms with Crippen LogP contribution in [0, 0.1) is 11.1 Å². The lowest BCUT2D eigenvalue weighted by Crippen LogP contribution is -2.53. The molecule has 3 aromatic heterocycles. The molecular weight excluding hydrogens is 570 g/mol. The van der Waals surface area contributed by atoms with Crippen LogP contribution in [-0.4, -0.2) is 71.6 Å². The largest absolute Gasteiger partial charge is 0.618 e. The Kier molecular flexibility index (Phi) is 8.07. The van der Waals surface area contributed by atoms with Crippen LogP contribution in [0.25, 0.3) is 10.6 Å². The minimum Gasteiger partial charge on any atom is -0.618 e. The van der Waals surface area contributed by atoms with E-state index in [0.717, 1.165) is 21.1 Å². The van der Waals surface area contributed by atoms with Crippen molar-refractivity contribution in [1.82, 2.24) is 19.5 Å². The van der Waals surface area contributed by atoms with E-state index >= 15 is 0 Å². The maximum Gasteiger partial charge on any atom is 0.414 e. The summed E-state index contributed by atoms with van der Waals surface area (Å²) in [5.41, 5.74) is 0.735. The Hall–Kier alpha value is -3.88. The van der Waals surface area contributed by atoms with Crippen molar-refractivity contribution in [3.05, 3.63) is 66.1 Å². The molecule has 2 aliphatic heterocycles. The lowest BCUT2D eigenvalue weighted by atomic mass is 10.0. The second kappa shape index (κ2) is 11.5. The Labute approximate surface area is 241 Å². The van der Waals surface area contributed by atoms with E-state index in [9.17, 15) is 28.0 Å². The molecule has 0 radical (unpaired) electrons. The zero-order chi connectivity index (χ0) is 29.3. The van der Waals surface area contributed by atoms with Gasteiger partial charge in [-0.3, -0.25) is 14.6 Å². The highest BCUT2D eigenvalue weighted by Gasteiger charge is 2.55. The zero-order valence-corrected chi connectivity index (χ0v) is 24.0. The summed E-state index contributed by atoms with van der Waals surface area (Å²) in [6.45, 7) is 3.47. The molecule has 3 unspecified atom stereocenters. The Balaban J connectivity index is 1.30. The highest BCUT2D eigenvalue weighted by atomic mass is 32.2. The summed E-state index contributed by atoms with van der Waals surface area (Å²) in [5, 5.41) is 14.7. The number of carbonyl (C=O) groups is 3. The first-order chi connectivity index (χ1) is 19.6. The van der Waals surface area contributed by atoms with E-state index in [2.05, 4.69) is 10.3 Å². The Morgan fingerprint density at radius 3 is 2.68 bits per heavy atom. The Bertz CT molecular complexity index is 1560. The second-order valence-electron chi connectivity index (χ2n) is 10.3. The van der Waals surface area contributed by atoms with Gasteiger partial charge in [0.2, 0.25) is 5.91 Å². The third-order valence-electron chi connectivity index (χ3n) is 7.01. The molecule has 0 bridgehead atoms. The highest BCUT2D eigenvalue weighted by molar-refractivity contribution is 7.89. The molecule has 3 aromatic rings. The molecule has 14 heteroatoms. The van der Waals surface area contributed by atoms with Gasteiger partial charge < -0.3 is 20.2 Å². The summed E-state index contributed by atoms with van der Waals surface area (Å²) in [5.74, 6) is -0.916. The first-order valence-electron chi connectivity index (χ1n) is 13.1. The van der Waals surface area contributed by atoms with Crippen molar-refractivity contribution in [2.45, 2.75) is 49.8 Å². The van der Waals surface area contributed by atoms with Crippen LogP contribution in [0.2, 0.25) is 0 Å². The molecular formula is C27H29N5O7S2. The van der Waals surface area contributed by atoms with Gasteiger partial charge in [0, 0.05) is 24.9 Å². The van der Waals surface area contributed by atoms with Crippen molar-refractivity contribution in [3.8, 4) is 15.6 Å². The summed E-state index contributed by atoms with van der Waals surface area (Å²) in [6, 6.07) is 10.1. The van der Waals surface area contributed by atoms with Crippen LogP contribution in [0.4, 0.5) is 4.79 Å². The third-order valence-corrected chi connectivity index (χ3v) is 9.86. The quantitative estimate of drug-likeness (QED) is 0.306. The molecule has 2 amide bonds. The molecule has 0 aromatic carbocycles. The van der Waals surface area contributed by atoms with Gasteiger partial charge in [0.05, 0.1) is 23.2 Å². The number of hydrogen-bond acceptors (Lipinski definition) is 9. The number of thiophene rings is 1. The first kappa shape index (κ1) is 28.6. The maximum atomic E-state index is 13.7. The van der Waals surface area contributed by atoms with Gasteiger partial charge in [-0.05, 0) is 49.1 Å². The molecule has 2 fully saturated rings. The van der Waals surface area contributed by atoms with Crippen molar-refractivity contribution < 1.29 is 32.3 Å². The van der Waals surface area contributed by atoms with Gasteiger partial charge in [0.25, 0.3) is 0 Å². The Morgan fingerprint density at radius 1 is 1.20 bits per heavy atom.